The maximum atomic E-state index is 14.0. The van der Waals surface area contributed by atoms with Gasteiger partial charge in [0.15, 0.2) is 0 Å². The summed E-state index contributed by atoms with van der Waals surface area (Å²) < 4.78 is 35.0. The molecule has 1 aliphatic heterocycles. The third-order valence-electron chi connectivity index (χ3n) is 4.58. The maximum Gasteiger partial charge on any atom is 0.338 e. The standard InChI is InChI=1S/C21H17F2N3O2/c1-3-8-28-20(27)18-12(2)24-21-25-16-6-4-5-7-17(16)26(21)19(18)13-9-14(22)11-15(23)10-13/h3-7,9-11,19H,1,8H2,2H3,(H,24,25)/t19-/m0/s1. The summed E-state index contributed by atoms with van der Waals surface area (Å²) in [4.78, 5) is 17.3. The molecule has 142 valence electrons. The van der Waals surface area contributed by atoms with Crippen LogP contribution in [0.15, 0.2) is 66.4 Å². The highest BCUT2D eigenvalue weighted by atomic mass is 19.1. The van der Waals surface area contributed by atoms with Crippen molar-refractivity contribution in [2.45, 2.75) is 13.0 Å². The summed E-state index contributed by atoms with van der Waals surface area (Å²) in [6.07, 6.45) is 1.46. The van der Waals surface area contributed by atoms with Crippen LogP contribution in [0.5, 0.6) is 0 Å². The molecule has 0 saturated carbocycles. The Morgan fingerprint density at radius 1 is 1.29 bits per heavy atom. The van der Waals surface area contributed by atoms with E-state index in [1.54, 1.807) is 11.5 Å². The zero-order chi connectivity index (χ0) is 19.8. The molecule has 4 rings (SSSR count). The van der Waals surface area contributed by atoms with Crippen molar-refractivity contribution in [1.82, 2.24) is 9.55 Å². The number of rotatable bonds is 4. The van der Waals surface area contributed by atoms with Crippen LogP contribution >= 0.6 is 0 Å². The molecule has 2 aromatic carbocycles. The van der Waals surface area contributed by atoms with E-state index in [1.807, 2.05) is 24.3 Å². The minimum atomic E-state index is -0.800. The van der Waals surface area contributed by atoms with Crippen LogP contribution in [0.3, 0.4) is 0 Å². The minimum Gasteiger partial charge on any atom is -0.458 e. The molecule has 1 atom stereocenters. The van der Waals surface area contributed by atoms with E-state index in [9.17, 15) is 13.6 Å². The van der Waals surface area contributed by atoms with E-state index >= 15 is 0 Å². The Balaban J connectivity index is 1.97. The molecule has 0 fully saturated rings. The lowest BCUT2D eigenvalue weighted by Gasteiger charge is -2.30. The Morgan fingerprint density at radius 3 is 2.71 bits per heavy atom. The summed E-state index contributed by atoms with van der Waals surface area (Å²) in [5.41, 5.74) is 2.46. The number of nitrogens with one attached hydrogen (secondary N) is 1. The number of anilines is 1. The van der Waals surface area contributed by atoms with E-state index in [4.69, 9.17) is 4.74 Å². The molecule has 28 heavy (non-hydrogen) atoms. The smallest absolute Gasteiger partial charge is 0.338 e. The van der Waals surface area contributed by atoms with Crippen molar-refractivity contribution in [3.63, 3.8) is 0 Å². The van der Waals surface area contributed by atoms with Gasteiger partial charge < -0.3 is 10.1 Å². The predicted molar refractivity (Wildman–Crippen MR) is 102 cm³/mol. The van der Waals surface area contributed by atoms with Gasteiger partial charge in [-0.1, -0.05) is 24.8 Å². The molecular formula is C21H17F2N3O2. The highest BCUT2D eigenvalue weighted by Crippen LogP contribution is 2.39. The monoisotopic (exact) mass is 381 g/mol. The highest BCUT2D eigenvalue weighted by molar-refractivity contribution is 5.94. The number of carbonyl (C=O) groups is 1. The van der Waals surface area contributed by atoms with Gasteiger partial charge in [0.05, 0.1) is 22.6 Å². The van der Waals surface area contributed by atoms with Crippen molar-refractivity contribution in [3.8, 4) is 0 Å². The Morgan fingerprint density at radius 2 is 2.00 bits per heavy atom. The molecule has 1 N–H and O–H groups in total. The highest BCUT2D eigenvalue weighted by Gasteiger charge is 2.35. The number of halogens is 2. The Hall–Kier alpha value is -3.48. The number of hydrogen-bond acceptors (Lipinski definition) is 4. The molecule has 0 amide bonds. The lowest BCUT2D eigenvalue weighted by atomic mass is 9.95. The molecule has 2 heterocycles. The number of imidazole rings is 1. The average Bonchev–Trinajstić information content (AvgIpc) is 3.01. The summed E-state index contributed by atoms with van der Waals surface area (Å²) >= 11 is 0. The first-order valence-corrected chi connectivity index (χ1v) is 8.68. The van der Waals surface area contributed by atoms with E-state index in [0.717, 1.165) is 11.6 Å². The maximum absolute atomic E-state index is 14.0. The number of carbonyl (C=O) groups excluding carboxylic acids is 1. The van der Waals surface area contributed by atoms with E-state index in [-0.39, 0.29) is 17.7 Å². The number of benzene rings is 2. The quantitative estimate of drug-likeness (QED) is 0.540. The third-order valence-corrected chi connectivity index (χ3v) is 4.58. The fourth-order valence-electron chi connectivity index (χ4n) is 3.49. The van der Waals surface area contributed by atoms with Crippen molar-refractivity contribution in [2.24, 2.45) is 0 Å². The number of allylic oxidation sites excluding steroid dienone is 1. The number of aromatic nitrogens is 2. The zero-order valence-corrected chi connectivity index (χ0v) is 15.1. The molecule has 0 unspecified atom stereocenters. The molecular weight excluding hydrogens is 364 g/mol. The first-order chi connectivity index (χ1) is 13.5. The van der Waals surface area contributed by atoms with Crippen molar-refractivity contribution in [1.29, 1.82) is 0 Å². The number of para-hydroxylation sites is 2. The number of nitrogens with zero attached hydrogens (tertiary/aromatic N) is 2. The lowest BCUT2D eigenvalue weighted by molar-refractivity contribution is -0.138. The molecule has 0 radical (unpaired) electrons. The number of fused-ring (bicyclic) bond motifs is 3. The summed E-state index contributed by atoms with van der Waals surface area (Å²) in [7, 11) is 0. The molecule has 3 aromatic rings. The normalized spacial score (nSPS) is 15.9. The van der Waals surface area contributed by atoms with Crippen molar-refractivity contribution < 1.29 is 18.3 Å². The molecule has 0 spiro atoms. The van der Waals surface area contributed by atoms with Gasteiger partial charge in [-0.05, 0) is 36.8 Å². The van der Waals surface area contributed by atoms with E-state index in [0.29, 0.717) is 17.2 Å². The Kier molecular flexibility index (Phi) is 4.43. The largest absolute Gasteiger partial charge is 0.458 e. The summed E-state index contributed by atoms with van der Waals surface area (Å²) in [6, 6.07) is 9.77. The summed E-state index contributed by atoms with van der Waals surface area (Å²) in [6.45, 7) is 5.27. The fraction of sp³-hybridized carbons (Fsp3) is 0.143. The molecule has 0 aliphatic carbocycles. The third kappa shape index (κ3) is 2.94. The number of ether oxygens (including phenoxy) is 1. The second-order valence-corrected chi connectivity index (χ2v) is 6.45. The molecule has 1 aliphatic rings. The van der Waals surface area contributed by atoms with Gasteiger partial charge in [0.1, 0.15) is 18.2 Å². The SMILES string of the molecule is C=CCOC(=O)C1=C(C)Nc2nc3ccccc3n2[C@H]1c1cc(F)cc(F)c1. The van der Waals surface area contributed by atoms with Crippen LogP contribution in [0.4, 0.5) is 14.7 Å². The summed E-state index contributed by atoms with van der Waals surface area (Å²) in [5, 5.41) is 3.10. The lowest BCUT2D eigenvalue weighted by Crippen LogP contribution is -2.29. The number of hydrogen-bond donors (Lipinski definition) is 1. The number of esters is 1. The van der Waals surface area contributed by atoms with Gasteiger partial charge in [-0.15, -0.1) is 0 Å². The Bertz CT molecular complexity index is 1110. The molecule has 0 saturated heterocycles. The van der Waals surface area contributed by atoms with Gasteiger partial charge in [-0.2, -0.15) is 0 Å². The van der Waals surface area contributed by atoms with Crippen LogP contribution in [0.25, 0.3) is 11.0 Å². The van der Waals surface area contributed by atoms with Gasteiger partial charge in [-0.25, -0.2) is 18.6 Å². The van der Waals surface area contributed by atoms with Crippen LogP contribution in [-0.2, 0) is 9.53 Å². The van der Waals surface area contributed by atoms with Crippen LogP contribution in [-0.4, -0.2) is 22.1 Å². The van der Waals surface area contributed by atoms with Gasteiger partial charge in [0.25, 0.3) is 0 Å². The van der Waals surface area contributed by atoms with Crippen molar-refractivity contribution in [3.05, 3.63) is 83.6 Å². The molecule has 5 nitrogen and oxygen atoms in total. The minimum absolute atomic E-state index is 0.0252. The summed E-state index contributed by atoms with van der Waals surface area (Å²) in [5.74, 6) is -1.57. The van der Waals surface area contributed by atoms with Crippen molar-refractivity contribution in [2.75, 3.05) is 11.9 Å². The van der Waals surface area contributed by atoms with Gasteiger partial charge in [-0.3, -0.25) is 4.57 Å². The fourth-order valence-corrected chi connectivity index (χ4v) is 3.49. The van der Waals surface area contributed by atoms with Crippen LogP contribution in [0.2, 0.25) is 0 Å². The van der Waals surface area contributed by atoms with Crippen LogP contribution in [0.1, 0.15) is 18.5 Å². The van der Waals surface area contributed by atoms with Crippen LogP contribution in [0, 0.1) is 11.6 Å². The van der Waals surface area contributed by atoms with E-state index < -0.39 is 23.6 Å². The van der Waals surface area contributed by atoms with Crippen LogP contribution < -0.4 is 5.32 Å². The average molecular weight is 381 g/mol. The zero-order valence-electron chi connectivity index (χ0n) is 15.1. The van der Waals surface area contributed by atoms with Gasteiger partial charge in [0, 0.05) is 11.8 Å². The first kappa shape index (κ1) is 17.9. The predicted octanol–water partition coefficient (Wildman–Crippen LogP) is 4.33. The second kappa shape index (κ2) is 6.92. The Labute approximate surface area is 159 Å². The van der Waals surface area contributed by atoms with E-state index in [2.05, 4.69) is 16.9 Å². The van der Waals surface area contributed by atoms with Gasteiger partial charge in [0.2, 0.25) is 5.95 Å². The topological polar surface area (TPSA) is 56.1 Å². The molecule has 1 aromatic heterocycles. The first-order valence-electron chi connectivity index (χ1n) is 8.68. The molecule has 7 heteroatoms. The second-order valence-electron chi connectivity index (χ2n) is 6.45. The molecule has 0 bridgehead atoms. The van der Waals surface area contributed by atoms with E-state index in [1.165, 1.54) is 18.2 Å². The van der Waals surface area contributed by atoms with Gasteiger partial charge >= 0.3 is 5.97 Å². The van der Waals surface area contributed by atoms with Crippen molar-refractivity contribution >= 4 is 23.0 Å².